The molecule has 4 heterocycles. The molecule has 0 unspecified atom stereocenters. The van der Waals surface area contributed by atoms with Crippen LogP contribution in [0.2, 0.25) is 0 Å². The predicted molar refractivity (Wildman–Crippen MR) is 226 cm³/mol. The lowest BCUT2D eigenvalue weighted by atomic mass is 9.92. The highest BCUT2D eigenvalue weighted by atomic mass is 32.1. The van der Waals surface area contributed by atoms with Crippen LogP contribution in [0.15, 0.2) is 176 Å². The van der Waals surface area contributed by atoms with Gasteiger partial charge in [0, 0.05) is 65.5 Å². The molecule has 0 saturated carbocycles. The van der Waals surface area contributed by atoms with Crippen LogP contribution < -0.4 is 0 Å². The fraction of sp³-hybridized carbons (Fsp3) is 0. The number of para-hydroxylation sites is 1. The van der Waals surface area contributed by atoms with Gasteiger partial charge in [-0.15, -0.1) is 11.3 Å². The molecule has 53 heavy (non-hydrogen) atoms. The molecule has 0 aliphatic heterocycles. The molecule has 4 aromatic heterocycles. The Morgan fingerprint density at radius 1 is 0.472 bits per heavy atom. The second kappa shape index (κ2) is 10.9. The van der Waals surface area contributed by atoms with Gasteiger partial charge in [0.1, 0.15) is 5.65 Å². The minimum Gasteiger partial charge on any atom is -0.309 e. The second-order valence-electron chi connectivity index (χ2n) is 13.9. The van der Waals surface area contributed by atoms with Gasteiger partial charge in [-0.25, -0.2) is 4.98 Å². The van der Waals surface area contributed by atoms with Gasteiger partial charge in [0.2, 0.25) is 0 Å². The maximum absolute atomic E-state index is 4.89. The predicted octanol–water partition coefficient (Wildman–Crippen LogP) is 13.6. The Morgan fingerprint density at radius 3 is 2.02 bits per heavy atom. The van der Waals surface area contributed by atoms with Gasteiger partial charge in [-0.2, -0.15) is 0 Å². The third kappa shape index (κ3) is 4.07. The van der Waals surface area contributed by atoms with Crippen LogP contribution in [0.25, 0.3) is 108 Å². The molecule has 246 valence electrons. The molecule has 0 aliphatic carbocycles. The van der Waals surface area contributed by atoms with Crippen molar-refractivity contribution in [3.05, 3.63) is 176 Å². The number of fused-ring (bicyclic) bond motifs is 14. The van der Waals surface area contributed by atoms with Crippen molar-refractivity contribution in [2.75, 3.05) is 0 Å². The van der Waals surface area contributed by atoms with Gasteiger partial charge in [0.15, 0.2) is 0 Å². The third-order valence-corrected chi connectivity index (χ3v) is 12.4. The van der Waals surface area contributed by atoms with E-state index in [4.69, 9.17) is 4.98 Å². The smallest absolute Gasteiger partial charge is 0.137 e. The topological polar surface area (TPSA) is 22.2 Å². The van der Waals surface area contributed by atoms with E-state index >= 15 is 0 Å². The van der Waals surface area contributed by atoms with Crippen LogP contribution in [-0.4, -0.2) is 14.0 Å². The summed E-state index contributed by atoms with van der Waals surface area (Å²) in [6.07, 6.45) is 4.15. The normalized spacial score (nSPS) is 12.2. The lowest BCUT2D eigenvalue weighted by molar-refractivity contribution is 1.18. The summed E-state index contributed by atoms with van der Waals surface area (Å²) in [6, 6.07) is 59.9. The first-order chi connectivity index (χ1) is 26.3. The van der Waals surface area contributed by atoms with Crippen LogP contribution in [0.3, 0.4) is 0 Å². The van der Waals surface area contributed by atoms with Crippen LogP contribution in [-0.2, 0) is 0 Å². The fourth-order valence-electron chi connectivity index (χ4n) is 8.81. The number of thiophene rings is 1. The van der Waals surface area contributed by atoms with Crippen molar-refractivity contribution in [1.29, 1.82) is 0 Å². The molecule has 0 atom stereocenters. The number of pyridine rings is 1. The van der Waals surface area contributed by atoms with Crippen molar-refractivity contribution in [2.24, 2.45) is 0 Å². The highest BCUT2D eigenvalue weighted by Crippen LogP contribution is 2.50. The summed E-state index contributed by atoms with van der Waals surface area (Å²) in [5, 5.41) is 12.9. The SMILES string of the molecule is c1ccc2c(c1)cc(-c1cccc3c1sc1c3c3ccccc3c3c1c1ccccc1n3-c1ccc(-c3cn4ccccc4n3)cc1)c1ccccc12. The monoisotopic (exact) mass is 691 g/mol. The molecule has 0 bridgehead atoms. The lowest BCUT2D eigenvalue weighted by Crippen LogP contribution is -1.94. The van der Waals surface area contributed by atoms with Crippen molar-refractivity contribution in [2.45, 2.75) is 0 Å². The van der Waals surface area contributed by atoms with Crippen LogP contribution in [0.1, 0.15) is 0 Å². The van der Waals surface area contributed by atoms with Crippen LogP contribution in [0, 0.1) is 0 Å². The summed E-state index contributed by atoms with van der Waals surface area (Å²) in [4.78, 5) is 4.89. The summed E-state index contributed by atoms with van der Waals surface area (Å²) in [6.45, 7) is 0. The standard InChI is InChI=1S/C49H29N3S/c1-2-13-33-31(12-1)28-41(35-15-4-3-14-34(33)35)38-19-11-20-40-45-36-16-5-6-17-37(36)47-46(49(45)53-48(38)40)39-18-7-8-21-43(39)52(47)32-25-23-30(24-26-32)42-29-51-27-10-9-22-44(51)50-42/h1-29H. The maximum Gasteiger partial charge on any atom is 0.137 e. The number of hydrogen-bond donors (Lipinski definition) is 0. The van der Waals surface area contributed by atoms with E-state index in [-0.39, 0.29) is 0 Å². The van der Waals surface area contributed by atoms with Gasteiger partial charge < -0.3 is 8.97 Å². The van der Waals surface area contributed by atoms with E-state index in [0.717, 1.165) is 22.6 Å². The van der Waals surface area contributed by atoms with Crippen LogP contribution >= 0.6 is 11.3 Å². The van der Waals surface area contributed by atoms with Gasteiger partial charge in [0.25, 0.3) is 0 Å². The fourth-order valence-corrected chi connectivity index (χ4v) is 10.2. The van der Waals surface area contributed by atoms with E-state index < -0.39 is 0 Å². The average Bonchev–Trinajstić information content (AvgIpc) is 3.93. The molecular weight excluding hydrogens is 663 g/mol. The van der Waals surface area contributed by atoms with E-state index in [1.807, 2.05) is 35.7 Å². The quantitative estimate of drug-likeness (QED) is 0.169. The molecule has 0 spiro atoms. The Kier molecular flexibility index (Phi) is 5.93. The van der Waals surface area contributed by atoms with Crippen molar-refractivity contribution in [1.82, 2.24) is 14.0 Å². The van der Waals surface area contributed by atoms with Gasteiger partial charge in [-0.1, -0.05) is 127 Å². The summed E-state index contributed by atoms with van der Waals surface area (Å²) in [5.74, 6) is 0. The number of benzene rings is 8. The summed E-state index contributed by atoms with van der Waals surface area (Å²) in [5.41, 5.74) is 9.18. The van der Waals surface area contributed by atoms with Gasteiger partial charge in [-0.05, 0) is 68.9 Å². The maximum atomic E-state index is 4.89. The molecule has 4 heteroatoms. The Morgan fingerprint density at radius 2 is 1.17 bits per heavy atom. The molecular formula is C49H29N3S. The Hall–Kier alpha value is -6.75. The molecule has 3 nitrogen and oxygen atoms in total. The molecule has 0 fully saturated rings. The van der Waals surface area contributed by atoms with E-state index in [0.29, 0.717) is 0 Å². The molecule has 8 aromatic carbocycles. The van der Waals surface area contributed by atoms with Gasteiger partial charge in [0.05, 0.1) is 16.7 Å². The summed E-state index contributed by atoms with van der Waals surface area (Å²) >= 11 is 1.94. The zero-order valence-corrected chi connectivity index (χ0v) is 29.3. The second-order valence-corrected chi connectivity index (χ2v) is 15.0. The number of rotatable bonds is 3. The minimum atomic E-state index is 0.949. The van der Waals surface area contributed by atoms with Crippen LogP contribution in [0.4, 0.5) is 0 Å². The first-order valence-electron chi connectivity index (χ1n) is 18.0. The van der Waals surface area contributed by atoms with Crippen molar-refractivity contribution in [3.8, 4) is 28.1 Å². The van der Waals surface area contributed by atoms with Crippen molar-refractivity contribution >= 4 is 91.3 Å². The Labute approximate surface area is 308 Å². The number of nitrogens with zero attached hydrogens (tertiary/aromatic N) is 3. The zero-order valence-electron chi connectivity index (χ0n) is 28.5. The molecule has 0 radical (unpaired) electrons. The van der Waals surface area contributed by atoms with E-state index in [1.54, 1.807) is 0 Å². The third-order valence-electron chi connectivity index (χ3n) is 11.1. The molecule has 12 rings (SSSR count). The Balaban J connectivity index is 1.16. The first-order valence-corrected chi connectivity index (χ1v) is 18.9. The van der Waals surface area contributed by atoms with E-state index in [1.165, 1.54) is 85.4 Å². The number of hydrogen-bond acceptors (Lipinski definition) is 2. The molecule has 0 N–H and O–H groups in total. The molecule has 0 saturated heterocycles. The Bertz CT molecular complexity index is 3420. The van der Waals surface area contributed by atoms with Crippen molar-refractivity contribution < 1.29 is 0 Å². The summed E-state index contributed by atoms with van der Waals surface area (Å²) < 4.78 is 7.21. The van der Waals surface area contributed by atoms with Crippen molar-refractivity contribution in [3.63, 3.8) is 0 Å². The number of aromatic nitrogens is 3. The highest BCUT2D eigenvalue weighted by molar-refractivity contribution is 7.27. The first kappa shape index (κ1) is 28.9. The molecule has 0 amide bonds. The minimum absolute atomic E-state index is 0.949. The van der Waals surface area contributed by atoms with E-state index in [9.17, 15) is 0 Å². The van der Waals surface area contributed by atoms with Crippen LogP contribution in [0.5, 0.6) is 0 Å². The number of imidazole rings is 1. The van der Waals surface area contributed by atoms with Gasteiger partial charge in [-0.3, -0.25) is 0 Å². The molecule has 12 aromatic rings. The molecule has 0 aliphatic rings. The lowest BCUT2D eigenvalue weighted by Gasteiger charge is -2.12. The van der Waals surface area contributed by atoms with Gasteiger partial charge >= 0.3 is 0 Å². The van der Waals surface area contributed by atoms with E-state index in [2.05, 4.69) is 161 Å². The zero-order chi connectivity index (χ0) is 34.6. The largest absolute Gasteiger partial charge is 0.309 e. The summed E-state index contributed by atoms with van der Waals surface area (Å²) in [7, 11) is 0. The average molecular weight is 692 g/mol. The highest BCUT2D eigenvalue weighted by Gasteiger charge is 2.23.